The van der Waals surface area contributed by atoms with Gasteiger partial charge in [0.1, 0.15) is 11.6 Å². The molecule has 0 fully saturated rings. The molecule has 0 aliphatic heterocycles. The Labute approximate surface area is 219 Å². The van der Waals surface area contributed by atoms with Crippen LogP contribution in [0, 0.1) is 11.6 Å². The molecule has 0 unspecified atom stereocenters. The molecule has 0 spiro atoms. The smallest absolute Gasteiger partial charge is 0.126 e. The third-order valence-electron chi connectivity index (χ3n) is 7.34. The van der Waals surface area contributed by atoms with Gasteiger partial charge in [0.2, 0.25) is 0 Å². The lowest BCUT2D eigenvalue weighted by Crippen LogP contribution is -1.92. The average molecular weight is 493 g/mol. The molecule has 180 valence electrons. The van der Waals surface area contributed by atoms with Crippen LogP contribution < -0.4 is 0 Å². The summed E-state index contributed by atoms with van der Waals surface area (Å²) in [6.07, 6.45) is 0. The lowest BCUT2D eigenvalue weighted by atomic mass is 9.85. The molecule has 7 aromatic carbocycles. The zero-order valence-corrected chi connectivity index (χ0v) is 20.5. The molecule has 7 rings (SSSR count). The third-order valence-corrected chi connectivity index (χ3v) is 7.34. The highest BCUT2D eigenvalue weighted by Crippen LogP contribution is 2.44. The van der Waals surface area contributed by atoms with Crippen LogP contribution in [0.2, 0.25) is 0 Å². The summed E-state index contributed by atoms with van der Waals surface area (Å²) in [7, 11) is 0. The van der Waals surface area contributed by atoms with Crippen molar-refractivity contribution in [2.75, 3.05) is 0 Å². The van der Waals surface area contributed by atoms with E-state index in [-0.39, 0.29) is 0 Å². The highest BCUT2D eigenvalue weighted by molar-refractivity contribution is 6.21. The van der Waals surface area contributed by atoms with Gasteiger partial charge in [0.15, 0.2) is 0 Å². The molecule has 0 atom stereocenters. The van der Waals surface area contributed by atoms with Crippen LogP contribution in [0.3, 0.4) is 0 Å². The summed E-state index contributed by atoms with van der Waals surface area (Å²) in [5.74, 6) is -1.16. The van der Waals surface area contributed by atoms with Gasteiger partial charge in [-0.05, 0) is 83.9 Å². The molecular weight excluding hydrogens is 470 g/mol. The summed E-state index contributed by atoms with van der Waals surface area (Å²) < 4.78 is 28.6. The van der Waals surface area contributed by atoms with Crippen LogP contribution in [0.25, 0.3) is 65.7 Å². The van der Waals surface area contributed by atoms with Crippen LogP contribution in [0.15, 0.2) is 133 Å². The maximum absolute atomic E-state index is 14.3. The fourth-order valence-corrected chi connectivity index (χ4v) is 5.65. The fraction of sp³-hybridized carbons (Fsp3) is 0. The van der Waals surface area contributed by atoms with Gasteiger partial charge in [-0.25, -0.2) is 8.78 Å². The van der Waals surface area contributed by atoms with Crippen LogP contribution in [0.5, 0.6) is 0 Å². The zero-order valence-electron chi connectivity index (χ0n) is 20.5. The molecule has 0 aromatic heterocycles. The second-order valence-electron chi connectivity index (χ2n) is 9.64. The van der Waals surface area contributed by atoms with E-state index in [0.29, 0.717) is 5.56 Å². The largest absolute Gasteiger partial charge is 0.207 e. The molecular formula is C36H22F2. The highest BCUT2D eigenvalue weighted by Gasteiger charge is 2.17. The summed E-state index contributed by atoms with van der Waals surface area (Å²) in [5, 5.41) is 6.46. The Morgan fingerprint density at radius 1 is 0.316 bits per heavy atom. The number of rotatable bonds is 3. The Hall–Kier alpha value is -4.82. The second kappa shape index (κ2) is 8.93. The molecule has 2 heteroatoms. The van der Waals surface area contributed by atoms with Crippen LogP contribution in [-0.4, -0.2) is 0 Å². The van der Waals surface area contributed by atoms with Gasteiger partial charge in [0.05, 0.1) is 0 Å². The number of halogens is 2. The normalized spacial score (nSPS) is 11.4. The Kier molecular flexibility index (Phi) is 5.26. The van der Waals surface area contributed by atoms with Gasteiger partial charge < -0.3 is 0 Å². The molecule has 0 saturated heterocycles. The molecule has 0 heterocycles. The summed E-state index contributed by atoms with van der Waals surface area (Å²) in [5.41, 5.74) is 5.91. The molecule has 0 N–H and O–H groups in total. The molecule has 7 aromatic rings. The number of hydrogen-bond donors (Lipinski definition) is 0. The Morgan fingerprint density at radius 3 is 1.34 bits per heavy atom. The molecule has 0 aliphatic rings. The first kappa shape index (κ1) is 22.4. The van der Waals surface area contributed by atoms with Crippen molar-refractivity contribution in [1.29, 1.82) is 0 Å². The van der Waals surface area contributed by atoms with Crippen molar-refractivity contribution in [3.8, 4) is 33.4 Å². The minimum atomic E-state index is -0.582. The number of benzene rings is 7. The van der Waals surface area contributed by atoms with E-state index in [1.807, 2.05) is 36.4 Å². The van der Waals surface area contributed by atoms with Crippen LogP contribution in [0.1, 0.15) is 0 Å². The lowest BCUT2D eigenvalue weighted by molar-refractivity contribution is 0.584. The Morgan fingerprint density at radius 2 is 0.763 bits per heavy atom. The van der Waals surface area contributed by atoms with Crippen molar-refractivity contribution in [2.24, 2.45) is 0 Å². The molecule has 0 saturated carbocycles. The van der Waals surface area contributed by atoms with E-state index in [1.165, 1.54) is 28.5 Å². The van der Waals surface area contributed by atoms with Crippen LogP contribution in [-0.2, 0) is 0 Å². The minimum absolute atomic E-state index is 0.535. The van der Waals surface area contributed by atoms with Crippen molar-refractivity contribution >= 4 is 32.3 Å². The molecule has 0 aliphatic carbocycles. The number of fused-ring (bicyclic) bond motifs is 3. The SMILES string of the molecule is Fc1cc(F)cc(-c2c3ccccc3c(-c3ccc(-c4ccc5ccccc5c4)cc3)c3ccccc23)c1. The number of hydrogen-bond acceptors (Lipinski definition) is 0. The van der Waals surface area contributed by atoms with E-state index in [2.05, 4.69) is 78.9 Å². The third kappa shape index (κ3) is 3.74. The van der Waals surface area contributed by atoms with E-state index in [1.54, 1.807) is 0 Å². The highest BCUT2D eigenvalue weighted by atomic mass is 19.1. The van der Waals surface area contributed by atoms with Gasteiger partial charge in [-0.15, -0.1) is 0 Å². The van der Waals surface area contributed by atoms with Crippen molar-refractivity contribution in [1.82, 2.24) is 0 Å². The molecule has 0 bridgehead atoms. The van der Waals surface area contributed by atoms with Gasteiger partial charge in [-0.2, -0.15) is 0 Å². The summed E-state index contributed by atoms with van der Waals surface area (Å²) in [6.45, 7) is 0. The van der Waals surface area contributed by atoms with Crippen molar-refractivity contribution < 1.29 is 8.78 Å². The predicted molar refractivity (Wildman–Crippen MR) is 155 cm³/mol. The molecule has 38 heavy (non-hydrogen) atoms. The molecule has 0 nitrogen and oxygen atoms in total. The summed E-state index contributed by atoms with van der Waals surface area (Å²) in [6, 6.07) is 43.6. The Balaban J connectivity index is 1.45. The van der Waals surface area contributed by atoms with Gasteiger partial charge >= 0.3 is 0 Å². The van der Waals surface area contributed by atoms with Gasteiger partial charge in [0, 0.05) is 6.07 Å². The van der Waals surface area contributed by atoms with Gasteiger partial charge in [-0.3, -0.25) is 0 Å². The molecule has 0 amide bonds. The summed E-state index contributed by atoms with van der Waals surface area (Å²) in [4.78, 5) is 0. The minimum Gasteiger partial charge on any atom is -0.207 e. The molecule has 0 radical (unpaired) electrons. The van der Waals surface area contributed by atoms with Crippen molar-refractivity contribution in [3.05, 3.63) is 145 Å². The quantitative estimate of drug-likeness (QED) is 0.215. The zero-order chi connectivity index (χ0) is 25.6. The monoisotopic (exact) mass is 492 g/mol. The lowest BCUT2D eigenvalue weighted by Gasteiger charge is -2.18. The first-order chi connectivity index (χ1) is 18.7. The summed E-state index contributed by atoms with van der Waals surface area (Å²) >= 11 is 0. The maximum Gasteiger partial charge on any atom is 0.126 e. The van der Waals surface area contributed by atoms with Gasteiger partial charge in [-0.1, -0.05) is 109 Å². The standard InChI is InChI=1S/C36H22F2/c37-29-20-28(21-30(38)22-29)36-33-11-5-3-9-31(33)35(32-10-4-6-12-34(32)36)25-16-13-24(14-17-25)27-18-15-23-7-1-2-8-26(23)19-27/h1-22H. The first-order valence-electron chi connectivity index (χ1n) is 12.7. The van der Waals surface area contributed by atoms with E-state index in [0.717, 1.165) is 49.9 Å². The topological polar surface area (TPSA) is 0 Å². The van der Waals surface area contributed by atoms with E-state index < -0.39 is 11.6 Å². The predicted octanol–water partition coefficient (Wildman–Crippen LogP) is 10.4. The van der Waals surface area contributed by atoms with E-state index in [9.17, 15) is 8.78 Å². The average Bonchev–Trinajstić information content (AvgIpc) is 2.95. The maximum atomic E-state index is 14.3. The van der Waals surface area contributed by atoms with E-state index in [4.69, 9.17) is 0 Å². The Bertz CT molecular complexity index is 1910. The van der Waals surface area contributed by atoms with Crippen molar-refractivity contribution in [2.45, 2.75) is 0 Å². The van der Waals surface area contributed by atoms with Crippen molar-refractivity contribution in [3.63, 3.8) is 0 Å². The second-order valence-corrected chi connectivity index (χ2v) is 9.64. The first-order valence-corrected chi connectivity index (χ1v) is 12.7. The van der Waals surface area contributed by atoms with Gasteiger partial charge in [0.25, 0.3) is 0 Å². The fourth-order valence-electron chi connectivity index (χ4n) is 5.65. The van der Waals surface area contributed by atoms with Crippen LogP contribution in [0.4, 0.5) is 8.78 Å². The van der Waals surface area contributed by atoms with E-state index >= 15 is 0 Å². The van der Waals surface area contributed by atoms with Crippen LogP contribution >= 0.6 is 0 Å².